The first-order valence-electron chi connectivity index (χ1n) is 8.72. The van der Waals surface area contributed by atoms with Crippen LogP contribution < -0.4 is 4.74 Å². The molecule has 4 aromatic rings. The van der Waals surface area contributed by atoms with Crippen LogP contribution in [0.1, 0.15) is 0 Å². The predicted molar refractivity (Wildman–Crippen MR) is 115 cm³/mol. The maximum Gasteiger partial charge on any atom is 0.321 e. The molecule has 0 N–H and O–H groups in total. The molecule has 2 heterocycles. The third-order valence-electron chi connectivity index (χ3n) is 3.95. The lowest BCUT2D eigenvalue weighted by Crippen LogP contribution is -2.12. The summed E-state index contributed by atoms with van der Waals surface area (Å²) >= 11 is 4.54. The quantitative estimate of drug-likeness (QED) is 0.231. The zero-order valence-corrected chi connectivity index (χ0v) is 17.5. The van der Waals surface area contributed by atoms with Gasteiger partial charge in [0, 0.05) is 17.4 Å². The average Bonchev–Trinajstić information content (AvgIpc) is 3.19. The number of pyridine rings is 1. The monoisotopic (exact) mass is 466 g/mol. The van der Waals surface area contributed by atoms with E-state index in [1.165, 1.54) is 11.8 Å². The molecule has 0 atom stereocenters. The number of hydrogen-bond donors (Lipinski definition) is 0. The number of carbonyl (C=O) groups is 1. The summed E-state index contributed by atoms with van der Waals surface area (Å²) in [6.07, 6.45) is 1.61. The molecule has 0 aliphatic rings. The third kappa shape index (κ3) is 4.55. The number of hydrogen-bond acceptors (Lipinski definition) is 6. The highest BCUT2D eigenvalue weighted by molar-refractivity contribution is 9.10. The predicted octanol–water partition coefficient (Wildman–Crippen LogP) is 4.79. The van der Waals surface area contributed by atoms with E-state index in [4.69, 9.17) is 4.74 Å². The van der Waals surface area contributed by atoms with Crippen molar-refractivity contribution in [1.29, 1.82) is 0 Å². The first-order valence-corrected chi connectivity index (χ1v) is 10.5. The van der Waals surface area contributed by atoms with Crippen LogP contribution in [-0.2, 0) is 4.79 Å². The summed E-state index contributed by atoms with van der Waals surface area (Å²) in [6, 6.07) is 23.0. The largest absolute Gasteiger partial charge is 0.423 e. The Labute approximate surface area is 180 Å². The Hall–Kier alpha value is -2.97. The molecule has 2 aromatic heterocycles. The molecular weight excluding hydrogens is 452 g/mol. The summed E-state index contributed by atoms with van der Waals surface area (Å²) in [5.74, 6) is 0.781. The lowest BCUT2D eigenvalue weighted by atomic mass is 10.2. The van der Waals surface area contributed by atoms with E-state index in [9.17, 15) is 4.79 Å². The lowest BCUT2D eigenvalue weighted by Gasteiger charge is -2.10. The molecule has 29 heavy (non-hydrogen) atoms. The van der Waals surface area contributed by atoms with Crippen LogP contribution in [0.4, 0.5) is 0 Å². The summed E-state index contributed by atoms with van der Waals surface area (Å²) in [7, 11) is 0. The molecule has 0 saturated heterocycles. The topological polar surface area (TPSA) is 69.9 Å². The van der Waals surface area contributed by atoms with Gasteiger partial charge in [0.1, 0.15) is 4.60 Å². The molecule has 2 aromatic carbocycles. The molecule has 0 aliphatic carbocycles. The third-order valence-corrected chi connectivity index (χ3v) is 5.45. The fourth-order valence-electron chi connectivity index (χ4n) is 2.67. The Morgan fingerprint density at radius 2 is 1.69 bits per heavy atom. The number of esters is 1. The Morgan fingerprint density at radius 3 is 2.41 bits per heavy atom. The van der Waals surface area contributed by atoms with E-state index in [-0.39, 0.29) is 5.75 Å². The minimum absolute atomic E-state index is 0.0844. The van der Waals surface area contributed by atoms with E-state index in [0.29, 0.717) is 21.3 Å². The van der Waals surface area contributed by atoms with Crippen molar-refractivity contribution >= 4 is 33.7 Å². The highest BCUT2D eigenvalue weighted by atomic mass is 79.9. The number of benzene rings is 2. The first-order chi connectivity index (χ1) is 14.2. The number of halogens is 1. The van der Waals surface area contributed by atoms with Gasteiger partial charge in [0.15, 0.2) is 16.7 Å². The van der Waals surface area contributed by atoms with Gasteiger partial charge in [-0.3, -0.25) is 9.36 Å². The fraction of sp³-hybridized carbons (Fsp3) is 0.0476. The van der Waals surface area contributed by atoms with Crippen molar-refractivity contribution in [1.82, 2.24) is 19.7 Å². The summed E-state index contributed by atoms with van der Waals surface area (Å²) in [5.41, 5.74) is 1.86. The van der Waals surface area contributed by atoms with Gasteiger partial charge in [0.05, 0.1) is 5.75 Å². The molecule has 0 radical (unpaired) electrons. The highest BCUT2D eigenvalue weighted by Crippen LogP contribution is 2.28. The molecular formula is C21H15BrN4O2S. The molecule has 0 unspecified atom stereocenters. The van der Waals surface area contributed by atoms with Gasteiger partial charge in [-0.15, -0.1) is 10.2 Å². The van der Waals surface area contributed by atoms with Crippen molar-refractivity contribution in [2.45, 2.75) is 5.16 Å². The van der Waals surface area contributed by atoms with Crippen molar-refractivity contribution in [2.24, 2.45) is 0 Å². The lowest BCUT2D eigenvalue weighted by molar-refractivity contribution is -0.131. The van der Waals surface area contributed by atoms with E-state index in [1.807, 2.05) is 65.2 Å². The van der Waals surface area contributed by atoms with Gasteiger partial charge in [0.2, 0.25) is 0 Å². The van der Waals surface area contributed by atoms with Gasteiger partial charge >= 0.3 is 5.97 Å². The molecule has 0 amide bonds. The Bertz CT molecular complexity index is 1120. The summed E-state index contributed by atoms with van der Waals surface area (Å²) in [4.78, 5) is 16.4. The molecule has 8 heteroatoms. The number of rotatable bonds is 6. The van der Waals surface area contributed by atoms with Crippen LogP contribution in [0.2, 0.25) is 0 Å². The van der Waals surface area contributed by atoms with Crippen LogP contribution in [0.15, 0.2) is 88.8 Å². The fourth-order valence-corrected chi connectivity index (χ4v) is 3.73. The van der Waals surface area contributed by atoms with Crippen LogP contribution in [0.5, 0.6) is 5.75 Å². The van der Waals surface area contributed by atoms with Gasteiger partial charge in [0.25, 0.3) is 0 Å². The standard InChI is InChI=1S/C21H15BrN4O2S/c22-19-17(12-7-13-23-19)28-18(27)14-29-21-25-24-20(15-8-3-1-4-9-15)26(21)16-10-5-2-6-11-16/h1-13H,14H2. The van der Waals surface area contributed by atoms with Crippen LogP contribution in [0, 0.1) is 0 Å². The zero-order valence-electron chi connectivity index (χ0n) is 15.1. The SMILES string of the molecule is O=C(CSc1nnc(-c2ccccc2)n1-c1ccccc1)Oc1cccnc1Br. The smallest absolute Gasteiger partial charge is 0.321 e. The number of carbonyl (C=O) groups excluding carboxylic acids is 1. The van der Waals surface area contributed by atoms with E-state index >= 15 is 0 Å². The summed E-state index contributed by atoms with van der Waals surface area (Å²) in [6.45, 7) is 0. The molecule has 6 nitrogen and oxygen atoms in total. The Kier molecular flexibility index (Phi) is 6.02. The van der Waals surface area contributed by atoms with Gasteiger partial charge < -0.3 is 4.74 Å². The maximum absolute atomic E-state index is 12.3. The van der Waals surface area contributed by atoms with Gasteiger partial charge in [-0.25, -0.2) is 4.98 Å². The Balaban J connectivity index is 1.58. The molecule has 0 saturated carbocycles. The first kappa shape index (κ1) is 19.4. The van der Waals surface area contributed by atoms with E-state index in [0.717, 1.165) is 11.3 Å². The van der Waals surface area contributed by atoms with Gasteiger partial charge in [-0.1, -0.05) is 60.3 Å². The summed E-state index contributed by atoms with van der Waals surface area (Å²) in [5, 5.41) is 9.28. The number of thioether (sulfide) groups is 1. The van der Waals surface area contributed by atoms with Crippen molar-refractivity contribution < 1.29 is 9.53 Å². The second kappa shape index (κ2) is 9.02. The van der Waals surface area contributed by atoms with Crippen molar-refractivity contribution in [3.05, 3.63) is 83.6 Å². The van der Waals surface area contributed by atoms with Gasteiger partial charge in [-0.2, -0.15) is 0 Å². The normalized spacial score (nSPS) is 10.7. The minimum atomic E-state index is -0.396. The van der Waals surface area contributed by atoms with Crippen molar-refractivity contribution in [2.75, 3.05) is 5.75 Å². The van der Waals surface area contributed by atoms with Crippen LogP contribution in [-0.4, -0.2) is 31.5 Å². The number of aromatic nitrogens is 4. The van der Waals surface area contributed by atoms with E-state index < -0.39 is 5.97 Å². The van der Waals surface area contributed by atoms with Crippen LogP contribution in [0.25, 0.3) is 17.1 Å². The highest BCUT2D eigenvalue weighted by Gasteiger charge is 2.18. The number of nitrogens with zero attached hydrogens (tertiary/aromatic N) is 4. The maximum atomic E-state index is 12.3. The molecule has 0 fully saturated rings. The van der Waals surface area contributed by atoms with E-state index in [2.05, 4.69) is 31.1 Å². The van der Waals surface area contributed by atoms with Gasteiger partial charge in [-0.05, 0) is 40.2 Å². The zero-order chi connectivity index (χ0) is 20.1. The molecule has 0 spiro atoms. The van der Waals surface area contributed by atoms with Crippen molar-refractivity contribution in [3.8, 4) is 22.8 Å². The molecule has 4 rings (SSSR count). The average molecular weight is 467 g/mol. The summed E-state index contributed by atoms with van der Waals surface area (Å²) < 4.78 is 7.80. The Morgan fingerprint density at radius 1 is 0.966 bits per heavy atom. The second-order valence-corrected chi connectivity index (χ2v) is 7.59. The number of ether oxygens (including phenoxy) is 1. The van der Waals surface area contributed by atoms with E-state index in [1.54, 1.807) is 18.3 Å². The second-order valence-electron chi connectivity index (χ2n) is 5.90. The van der Waals surface area contributed by atoms with Crippen LogP contribution in [0.3, 0.4) is 0 Å². The molecule has 0 bridgehead atoms. The van der Waals surface area contributed by atoms with Crippen LogP contribution >= 0.6 is 27.7 Å². The minimum Gasteiger partial charge on any atom is -0.423 e. The number of para-hydroxylation sites is 1. The van der Waals surface area contributed by atoms with Crippen molar-refractivity contribution in [3.63, 3.8) is 0 Å². The molecule has 0 aliphatic heterocycles. The molecule has 144 valence electrons.